The summed E-state index contributed by atoms with van der Waals surface area (Å²) in [5.41, 5.74) is 2.31. The molecule has 4 rings (SSSR count). The number of benzene rings is 1. The second-order valence-corrected chi connectivity index (χ2v) is 6.97. The summed E-state index contributed by atoms with van der Waals surface area (Å²) in [5.74, 6) is 0.582. The predicted molar refractivity (Wildman–Crippen MR) is 109 cm³/mol. The van der Waals surface area contributed by atoms with E-state index in [1.807, 2.05) is 71.6 Å². The molecule has 0 aliphatic heterocycles. The maximum Gasteiger partial charge on any atom is 0.264 e. The van der Waals surface area contributed by atoms with Crippen molar-refractivity contribution in [1.29, 1.82) is 0 Å². The molecule has 1 N–H and O–H groups in total. The number of carbonyl (C=O) groups is 1. The van der Waals surface area contributed by atoms with E-state index < -0.39 is 0 Å². The topological polar surface area (TPSA) is 69.0 Å². The minimum atomic E-state index is -0.174. The first-order chi connectivity index (χ1) is 13.7. The van der Waals surface area contributed by atoms with E-state index in [0.29, 0.717) is 17.1 Å². The highest BCUT2D eigenvalue weighted by Crippen LogP contribution is 2.31. The first kappa shape index (κ1) is 17.9. The zero-order valence-corrected chi connectivity index (χ0v) is 16.0. The Bertz CT molecular complexity index is 1060. The molecule has 0 saturated carbocycles. The number of amides is 1. The van der Waals surface area contributed by atoms with Gasteiger partial charge in [-0.1, -0.05) is 17.4 Å². The van der Waals surface area contributed by atoms with Gasteiger partial charge in [0.1, 0.15) is 10.6 Å². The van der Waals surface area contributed by atoms with Crippen molar-refractivity contribution < 1.29 is 9.53 Å². The largest absolute Gasteiger partial charge is 0.497 e. The van der Waals surface area contributed by atoms with Gasteiger partial charge in [0.15, 0.2) is 5.13 Å². The molecule has 0 saturated heterocycles. The maximum atomic E-state index is 12.9. The summed E-state index contributed by atoms with van der Waals surface area (Å²) in [6.07, 6.45) is 5.53. The minimum absolute atomic E-state index is 0.174. The summed E-state index contributed by atoms with van der Waals surface area (Å²) in [5, 5.41) is 3.68. The number of rotatable bonds is 6. The molecule has 7 heteroatoms. The number of methoxy groups -OCH3 is 1. The molecule has 140 valence electrons. The van der Waals surface area contributed by atoms with Gasteiger partial charge in [0.25, 0.3) is 5.91 Å². The highest BCUT2D eigenvalue weighted by atomic mass is 32.1. The normalized spacial score (nSPS) is 10.6. The number of aromatic nitrogens is 3. The van der Waals surface area contributed by atoms with Gasteiger partial charge in [-0.25, -0.2) is 4.98 Å². The highest BCUT2D eigenvalue weighted by molar-refractivity contribution is 7.16. The number of nitrogens with zero attached hydrogens (tertiary/aromatic N) is 3. The highest BCUT2D eigenvalue weighted by Gasteiger charge is 2.20. The standard InChI is InChI=1S/C21H18N4O2S/c1-27-17-9-7-15(8-10-17)18-19(28-21(24-18)25-12-4-5-13-25)20(26)23-14-16-6-2-3-11-22-16/h2-13H,14H2,1H3,(H,23,26). The van der Waals surface area contributed by atoms with Crippen LogP contribution in [0, 0.1) is 0 Å². The molecule has 0 aliphatic carbocycles. The summed E-state index contributed by atoms with van der Waals surface area (Å²) in [6.45, 7) is 0.360. The molecule has 0 aliphatic rings. The van der Waals surface area contributed by atoms with Crippen LogP contribution in [-0.2, 0) is 6.54 Å². The fourth-order valence-electron chi connectivity index (χ4n) is 2.73. The van der Waals surface area contributed by atoms with Crippen LogP contribution in [0.2, 0.25) is 0 Å². The number of ether oxygens (including phenoxy) is 1. The molecular formula is C21H18N4O2S. The number of thiazole rings is 1. The molecule has 0 bridgehead atoms. The number of nitrogens with one attached hydrogen (secondary N) is 1. The SMILES string of the molecule is COc1ccc(-c2nc(-n3cccc3)sc2C(=O)NCc2ccccn2)cc1. The van der Waals surface area contributed by atoms with Crippen LogP contribution in [0.3, 0.4) is 0 Å². The van der Waals surface area contributed by atoms with Crippen molar-refractivity contribution in [3.05, 3.63) is 83.8 Å². The molecule has 1 amide bonds. The third-order valence-corrected chi connectivity index (χ3v) is 5.23. The molecule has 28 heavy (non-hydrogen) atoms. The zero-order chi connectivity index (χ0) is 19.3. The third kappa shape index (κ3) is 3.79. The van der Waals surface area contributed by atoms with E-state index in [1.54, 1.807) is 13.3 Å². The Morgan fingerprint density at radius 2 is 1.89 bits per heavy atom. The smallest absolute Gasteiger partial charge is 0.264 e. The molecule has 0 fully saturated rings. The Morgan fingerprint density at radius 3 is 2.57 bits per heavy atom. The number of hydrogen-bond donors (Lipinski definition) is 1. The van der Waals surface area contributed by atoms with E-state index in [4.69, 9.17) is 9.72 Å². The Morgan fingerprint density at radius 1 is 1.11 bits per heavy atom. The molecule has 0 atom stereocenters. The zero-order valence-electron chi connectivity index (χ0n) is 15.2. The fraction of sp³-hybridized carbons (Fsp3) is 0.0952. The Labute approximate surface area is 166 Å². The summed E-state index contributed by atoms with van der Waals surface area (Å²) in [7, 11) is 1.62. The van der Waals surface area contributed by atoms with E-state index in [9.17, 15) is 4.79 Å². The lowest BCUT2D eigenvalue weighted by molar-refractivity contribution is 0.0955. The number of carbonyl (C=O) groups excluding carboxylic acids is 1. The monoisotopic (exact) mass is 390 g/mol. The lowest BCUT2D eigenvalue weighted by Crippen LogP contribution is -2.22. The van der Waals surface area contributed by atoms with Gasteiger partial charge in [-0.3, -0.25) is 9.78 Å². The Kier molecular flexibility index (Phi) is 5.16. The van der Waals surface area contributed by atoms with Gasteiger partial charge in [0.2, 0.25) is 0 Å². The van der Waals surface area contributed by atoms with E-state index in [2.05, 4.69) is 10.3 Å². The first-order valence-corrected chi connectivity index (χ1v) is 9.53. The number of pyridine rings is 1. The van der Waals surface area contributed by atoms with E-state index in [0.717, 1.165) is 22.1 Å². The van der Waals surface area contributed by atoms with Gasteiger partial charge in [-0.2, -0.15) is 0 Å². The van der Waals surface area contributed by atoms with Crippen molar-refractivity contribution in [2.24, 2.45) is 0 Å². The van der Waals surface area contributed by atoms with E-state index in [1.165, 1.54) is 11.3 Å². The van der Waals surface area contributed by atoms with Gasteiger partial charge in [0.05, 0.1) is 25.0 Å². The van der Waals surface area contributed by atoms with Gasteiger partial charge in [-0.15, -0.1) is 0 Å². The van der Waals surface area contributed by atoms with E-state index in [-0.39, 0.29) is 5.91 Å². The van der Waals surface area contributed by atoms with Crippen LogP contribution in [0.4, 0.5) is 0 Å². The van der Waals surface area contributed by atoms with Crippen LogP contribution in [-0.4, -0.2) is 27.6 Å². The fourth-order valence-corrected chi connectivity index (χ4v) is 3.71. The second kappa shape index (κ2) is 8.06. The van der Waals surface area contributed by atoms with Crippen LogP contribution >= 0.6 is 11.3 Å². The summed E-state index contributed by atoms with van der Waals surface area (Å²) in [4.78, 5) is 22.4. The van der Waals surface area contributed by atoms with E-state index >= 15 is 0 Å². The van der Waals surface area contributed by atoms with Crippen LogP contribution in [0.1, 0.15) is 15.4 Å². The predicted octanol–water partition coefficient (Wildman–Crippen LogP) is 3.93. The van der Waals surface area contributed by atoms with Crippen molar-refractivity contribution in [2.75, 3.05) is 7.11 Å². The molecule has 0 radical (unpaired) electrons. The van der Waals surface area contributed by atoms with Gasteiger partial charge < -0.3 is 14.6 Å². The molecule has 3 heterocycles. The first-order valence-electron chi connectivity index (χ1n) is 8.71. The molecule has 0 spiro atoms. The van der Waals surface area contributed by atoms with Crippen molar-refractivity contribution in [3.63, 3.8) is 0 Å². The lowest BCUT2D eigenvalue weighted by Gasteiger charge is -2.06. The van der Waals surface area contributed by atoms with Gasteiger partial charge in [-0.05, 0) is 48.5 Å². The molecule has 6 nitrogen and oxygen atoms in total. The van der Waals surface area contributed by atoms with Crippen LogP contribution in [0.5, 0.6) is 5.75 Å². The average Bonchev–Trinajstić information content (AvgIpc) is 3.43. The lowest BCUT2D eigenvalue weighted by atomic mass is 10.1. The maximum absolute atomic E-state index is 12.9. The molecule has 1 aromatic carbocycles. The molecular weight excluding hydrogens is 372 g/mol. The van der Waals surface area contributed by atoms with Crippen molar-refractivity contribution in [3.8, 4) is 22.1 Å². The third-order valence-electron chi connectivity index (χ3n) is 4.17. The second-order valence-electron chi connectivity index (χ2n) is 6.00. The van der Waals surface area contributed by atoms with Crippen LogP contribution in [0.25, 0.3) is 16.4 Å². The Hall–Kier alpha value is -3.45. The van der Waals surface area contributed by atoms with Crippen molar-refractivity contribution >= 4 is 17.2 Å². The molecule has 4 aromatic rings. The minimum Gasteiger partial charge on any atom is -0.497 e. The quantitative estimate of drug-likeness (QED) is 0.542. The number of hydrogen-bond acceptors (Lipinski definition) is 5. The van der Waals surface area contributed by atoms with Crippen LogP contribution in [0.15, 0.2) is 73.2 Å². The van der Waals surface area contributed by atoms with Crippen molar-refractivity contribution in [2.45, 2.75) is 6.54 Å². The molecule has 0 unspecified atom stereocenters. The summed E-state index contributed by atoms with van der Waals surface area (Å²) < 4.78 is 7.12. The Balaban J connectivity index is 1.66. The summed E-state index contributed by atoms with van der Waals surface area (Å²) >= 11 is 1.35. The summed E-state index contributed by atoms with van der Waals surface area (Å²) in [6, 6.07) is 17.0. The van der Waals surface area contributed by atoms with Crippen LogP contribution < -0.4 is 10.1 Å². The van der Waals surface area contributed by atoms with Gasteiger partial charge >= 0.3 is 0 Å². The molecule has 3 aromatic heterocycles. The average molecular weight is 390 g/mol. The van der Waals surface area contributed by atoms with Crippen molar-refractivity contribution in [1.82, 2.24) is 19.9 Å². The van der Waals surface area contributed by atoms with Gasteiger partial charge in [0, 0.05) is 24.2 Å².